The molecule has 0 unspecified atom stereocenters. The number of benzene rings is 3. The Bertz CT molecular complexity index is 3020. The first-order chi connectivity index (χ1) is 28.7. The molecule has 0 aromatic heterocycles. The Kier molecular flexibility index (Phi) is 21.0. The Morgan fingerprint density at radius 2 is 0.672 bits per heavy atom. The first-order valence-electron chi connectivity index (χ1n) is 16.1. The maximum absolute atomic E-state index is 6.13. The summed E-state index contributed by atoms with van der Waals surface area (Å²) in [6, 6.07) is 20.1. The summed E-state index contributed by atoms with van der Waals surface area (Å²) >= 11 is 6.09. The van der Waals surface area contributed by atoms with Crippen LogP contribution < -0.4 is 18.9 Å². The number of rotatable bonds is 9. The average molecular weight is 755 g/mol. The molecule has 0 atom stereocenters. The monoisotopic (exact) mass is 754 g/mol. The summed E-state index contributed by atoms with van der Waals surface area (Å²) in [5.41, 5.74) is 2.68. The van der Waals surface area contributed by atoms with Gasteiger partial charge >= 0.3 is 0 Å². The number of terminal acetylenes is 2. The molecule has 5 heteroatoms. The molecule has 262 valence electrons. The van der Waals surface area contributed by atoms with E-state index >= 15 is 0 Å². The quantitative estimate of drug-likeness (QED) is 0.212. The first-order valence-corrected chi connectivity index (χ1v) is 16.6. The van der Waals surface area contributed by atoms with Crippen molar-refractivity contribution in [2.75, 3.05) is 0 Å². The summed E-state index contributed by atoms with van der Waals surface area (Å²) in [7, 11) is 0. The molecular formula is C53H19ClO4. The van der Waals surface area contributed by atoms with Gasteiger partial charge in [0.05, 0.1) is 0 Å². The topological polar surface area (TPSA) is 36.9 Å². The van der Waals surface area contributed by atoms with E-state index in [1.165, 1.54) is 0 Å². The van der Waals surface area contributed by atoms with E-state index in [2.05, 4.69) is 178 Å². The van der Waals surface area contributed by atoms with Gasteiger partial charge in [0.2, 0.25) is 0 Å². The summed E-state index contributed by atoms with van der Waals surface area (Å²) in [6.07, 6.45) is 15.0. The van der Waals surface area contributed by atoms with Gasteiger partial charge in [0.15, 0.2) is 11.5 Å². The highest BCUT2D eigenvalue weighted by molar-refractivity contribution is 6.17. The van der Waals surface area contributed by atoms with Crippen molar-refractivity contribution in [1.29, 1.82) is 0 Å². The lowest BCUT2D eigenvalue weighted by molar-refractivity contribution is 0.255. The Morgan fingerprint density at radius 3 is 1.02 bits per heavy atom. The highest BCUT2D eigenvalue weighted by atomic mass is 35.5. The second kappa shape index (κ2) is 28.7. The molecule has 0 aliphatic rings. The number of alkyl halides is 1. The molecule has 0 radical (unpaired) electrons. The Morgan fingerprint density at radius 1 is 0.362 bits per heavy atom. The molecule has 0 N–H and O–H groups in total. The minimum Gasteiger partial charge on any atom is -0.485 e. The number of ether oxygens (including phenoxy) is 4. The lowest BCUT2D eigenvalue weighted by atomic mass is 10.2. The molecule has 58 heavy (non-hydrogen) atoms. The third kappa shape index (κ3) is 19.6. The van der Waals surface area contributed by atoms with E-state index in [9.17, 15) is 0 Å². The summed E-state index contributed by atoms with van der Waals surface area (Å²) in [5, 5.41) is 0. The molecular weight excluding hydrogens is 736 g/mol. The van der Waals surface area contributed by atoms with Gasteiger partial charge in [0, 0.05) is 88.8 Å². The second-order valence-electron chi connectivity index (χ2n) is 9.73. The molecule has 0 fully saturated rings. The molecule has 0 heterocycles. The van der Waals surface area contributed by atoms with E-state index in [-0.39, 0.29) is 13.2 Å². The Balaban J connectivity index is 1.46. The van der Waals surface area contributed by atoms with E-state index in [4.69, 9.17) is 43.4 Å². The van der Waals surface area contributed by atoms with Crippen LogP contribution in [0.25, 0.3) is 0 Å². The molecule has 0 saturated heterocycles. The van der Waals surface area contributed by atoms with E-state index in [1.807, 2.05) is 42.5 Å². The van der Waals surface area contributed by atoms with Crippen LogP contribution in [0.5, 0.6) is 23.0 Å². The van der Waals surface area contributed by atoms with Crippen molar-refractivity contribution in [3.8, 4) is 214 Å². The predicted molar refractivity (Wildman–Crippen MR) is 225 cm³/mol. The normalized spacial score (nSPS) is 7.02. The van der Waals surface area contributed by atoms with Gasteiger partial charge < -0.3 is 18.9 Å². The number of halogens is 1. The fraction of sp³-hybridized carbons (Fsp3) is 0.0566. The van der Waals surface area contributed by atoms with Gasteiger partial charge in [0.25, 0.3) is 0 Å². The van der Waals surface area contributed by atoms with Crippen molar-refractivity contribution in [3.63, 3.8) is 0 Å². The fourth-order valence-electron chi connectivity index (χ4n) is 3.48. The van der Waals surface area contributed by atoms with Crippen LogP contribution >= 0.6 is 11.6 Å². The highest BCUT2D eigenvalue weighted by Gasteiger charge is 2.09. The number of hydrogen-bond acceptors (Lipinski definition) is 4. The zero-order valence-electron chi connectivity index (χ0n) is 30.1. The Hall–Kier alpha value is -9.89. The van der Waals surface area contributed by atoms with Gasteiger partial charge in [-0.05, 0) is 136 Å². The van der Waals surface area contributed by atoms with Crippen LogP contribution in [0.3, 0.4) is 0 Å². The summed E-state index contributed by atoms with van der Waals surface area (Å²) in [4.78, 5) is 0. The van der Waals surface area contributed by atoms with Gasteiger partial charge in [-0.3, -0.25) is 0 Å². The van der Waals surface area contributed by atoms with Crippen molar-refractivity contribution in [3.05, 3.63) is 83.4 Å². The molecule has 0 spiro atoms. The largest absolute Gasteiger partial charge is 0.485 e. The second-order valence-corrected chi connectivity index (χ2v) is 9.99. The minimum absolute atomic E-state index is 0.274. The third-order valence-corrected chi connectivity index (χ3v) is 6.19. The van der Waals surface area contributed by atoms with E-state index < -0.39 is 0 Å². The van der Waals surface area contributed by atoms with Gasteiger partial charge in [-0.1, -0.05) is 30.3 Å². The zero-order chi connectivity index (χ0) is 41.0. The van der Waals surface area contributed by atoms with Crippen LogP contribution in [0, 0.1) is 191 Å². The maximum Gasteiger partial charge on any atom is 0.162 e. The van der Waals surface area contributed by atoms with E-state index in [0.717, 1.165) is 16.7 Å². The summed E-state index contributed by atoms with van der Waals surface area (Å²) in [6.45, 7) is 0.557. The molecule has 4 nitrogen and oxygen atoms in total. The summed E-state index contributed by atoms with van der Waals surface area (Å²) in [5.74, 6) is 71.8. The molecule has 3 aromatic rings. The van der Waals surface area contributed by atoms with Crippen molar-refractivity contribution in [2.45, 2.75) is 19.1 Å². The fourth-order valence-corrected chi connectivity index (χ4v) is 3.64. The highest BCUT2D eigenvalue weighted by Crippen LogP contribution is 2.31. The molecule has 0 aliphatic carbocycles. The first kappa shape index (κ1) is 42.5. The van der Waals surface area contributed by atoms with Gasteiger partial charge in [-0.25, -0.2) is 0 Å². The van der Waals surface area contributed by atoms with Crippen LogP contribution in [0.2, 0.25) is 0 Å². The Labute approximate surface area is 345 Å². The van der Waals surface area contributed by atoms with Crippen LogP contribution in [0.15, 0.2) is 66.7 Å². The van der Waals surface area contributed by atoms with Gasteiger partial charge in [0.1, 0.15) is 36.9 Å². The van der Waals surface area contributed by atoms with Crippen molar-refractivity contribution in [2.24, 2.45) is 0 Å². The lowest BCUT2D eigenvalue weighted by Crippen LogP contribution is -2.01. The average Bonchev–Trinajstić information content (AvgIpc) is 3.25. The SMILES string of the molecule is C#CC#CC#CC#CC#CC#CC#CC#COc1ccc(COc2ccc(CCl)cc2OCc2ccc(OC#CC#CC#CC#CC#CC#CC#CC#C)cc2)cc1. The van der Waals surface area contributed by atoms with Crippen molar-refractivity contribution >= 4 is 11.6 Å². The van der Waals surface area contributed by atoms with Crippen LogP contribution in [0.4, 0.5) is 0 Å². The molecule has 3 aromatic carbocycles. The zero-order valence-corrected chi connectivity index (χ0v) is 30.9. The molecule has 3 rings (SSSR count). The summed E-state index contributed by atoms with van der Waals surface area (Å²) < 4.78 is 23.1. The van der Waals surface area contributed by atoms with Crippen LogP contribution in [0.1, 0.15) is 16.7 Å². The van der Waals surface area contributed by atoms with Crippen molar-refractivity contribution < 1.29 is 18.9 Å². The lowest BCUT2D eigenvalue weighted by Gasteiger charge is -2.14. The van der Waals surface area contributed by atoms with E-state index in [1.54, 1.807) is 24.3 Å². The number of hydrogen-bond donors (Lipinski definition) is 0. The predicted octanol–water partition coefficient (Wildman–Crippen LogP) is 5.57. The molecule has 0 bridgehead atoms. The van der Waals surface area contributed by atoms with Gasteiger partial charge in [-0.15, -0.1) is 24.4 Å². The smallest absolute Gasteiger partial charge is 0.162 e. The maximum atomic E-state index is 6.13. The van der Waals surface area contributed by atoms with Crippen molar-refractivity contribution in [1.82, 2.24) is 0 Å². The molecule has 0 amide bonds. The molecule has 0 saturated carbocycles. The third-order valence-electron chi connectivity index (χ3n) is 5.88. The van der Waals surface area contributed by atoms with Crippen LogP contribution in [-0.4, -0.2) is 0 Å². The van der Waals surface area contributed by atoms with Gasteiger partial charge in [-0.2, -0.15) is 0 Å². The standard InChI is InChI=1S/C53H19ClO4/c1-3-5-7-9-11-13-15-17-19-21-23-25-27-29-41-55-50-36-31-47(32-37-50)45-57-52-40-35-49(44-54)43-53(52)58-46-48-33-38-51(39-34-48)56-42-30-28-26-24-22-20-18-16-14-12-10-8-6-4-2/h1-2,31-40,43H,44-46H2. The minimum atomic E-state index is 0.274. The molecule has 0 aliphatic heterocycles. The van der Waals surface area contributed by atoms with Crippen LogP contribution in [-0.2, 0) is 19.1 Å². The van der Waals surface area contributed by atoms with E-state index in [0.29, 0.717) is 28.9 Å².